The average Bonchev–Trinajstić information content (AvgIpc) is 3.25. The van der Waals surface area contributed by atoms with Crippen LogP contribution in [0.5, 0.6) is 0 Å². The van der Waals surface area contributed by atoms with Crippen molar-refractivity contribution in [2.75, 3.05) is 14.2 Å². The minimum absolute atomic E-state index is 0.0315. The first-order valence-electron chi connectivity index (χ1n) is 6.51. The van der Waals surface area contributed by atoms with Crippen molar-refractivity contribution in [2.24, 2.45) is 11.8 Å². The molecule has 3 aliphatic carbocycles. The summed E-state index contributed by atoms with van der Waals surface area (Å²) in [4.78, 5) is 21.9. The molecule has 6 atom stereocenters. The van der Waals surface area contributed by atoms with Crippen LogP contribution in [0.25, 0.3) is 0 Å². The van der Waals surface area contributed by atoms with Gasteiger partial charge >= 0.3 is 0 Å². The number of epoxide rings is 1. The molecular formula is C13H10Cl4O5. The first-order valence-corrected chi connectivity index (χ1v) is 8.02. The zero-order valence-electron chi connectivity index (χ0n) is 11.4. The Morgan fingerprint density at radius 2 is 1.27 bits per heavy atom. The number of ether oxygens (including phenoxy) is 3. The topological polar surface area (TPSA) is 65.1 Å². The van der Waals surface area contributed by atoms with Gasteiger partial charge in [0.15, 0.2) is 23.8 Å². The van der Waals surface area contributed by atoms with Gasteiger partial charge in [0.05, 0.1) is 21.9 Å². The SMILES string of the molecule is COC1(OC)[C@@]2(Cl)C(Cl)=C(Cl)[C@@]1(Cl)[C@@H]1C(=O)[C@@H]3O[C@H]3C(=O)[C@H]12. The van der Waals surface area contributed by atoms with Crippen LogP contribution in [0.1, 0.15) is 0 Å². The number of carbonyl (C=O) groups excluding carboxylic acids is 2. The number of carbonyl (C=O) groups is 2. The first-order chi connectivity index (χ1) is 10.2. The van der Waals surface area contributed by atoms with Gasteiger partial charge in [-0.05, 0) is 0 Å². The molecule has 120 valence electrons. The van der Waals surface area contributed by atoms with Crippen LogP contribution in [0.4, 0.5) is 0 Å². The maximum atomic E-state index is 12.6. The standard InChI is InChI=1S/C13H10Cl4O5/c1-20-13(21-2)11(16)3-4(12(13,17)10(15)9(11)14)6(19)8-7(22-8)5(3)18/h3-4,7-8H,1-2H3/t3-,4-,7-,8-,11-,12-/m0/s1. The molecule has 0 amide bonds. The molecule has 9 heteroatoms. The van der Waals surface area contributed by atoms with Gasteiger partial charge in [-0.3, -0.25) is 9.59 Å². The second kappa shape index (κ2) is 4.20. The summed E-state index contributed by atoms with van der Waals surface area (Å²) in [6.07, 6.45) is -1.59. The van der Waals surface area contributed by atoms with Crippen LogP contribution in [0, 0.1) is 11.8 Å². The fraction of sp³-hybridized carbons (Fsp3) is 0.692. The lowest BCUT2D eigenvalue weighted by atomic mass is 9.71. The van der Waals surface area contributed by atoms with E-state index >= 15 is 0 Å². The highest BCUT2D eigenvalue weighted by Gasteiger charge is 2.89. The third-order valence-corrected chi connectivity index (χ3v) is 7.83. The Kier molecular flexibility index (Phi) is 2.98. The van der Waals surface area contributed by atoms with Gasteiger partial charge < -0.3 is 14.2 Å². The Morgan fingerprint density at radius 1 is 0.909 bits per heavy atom. The molecule has 1 aliphatic heterocycles. The van der Waals surface area contributed by atoms with Crippen molar-refractivity contribution >= 4 is 58.0 Å². The predicted octanol–water partition coefficient (Wildman–Crippen LogP) is 1.80. The van der Waals surface area contributed by atoms with Crippen molar-refractivity contribution < 1.29 is 23.8 Å². The lowest BCUT2D eigenvalue weighted by molar-refractivity contribution is -0.220. The summed E-state index contributed by atoms with van der Waals surface area (Å²) < 4.78 is 16.1. The normalized spacial score (nSPS) is 51.2. The summed E-state index contributed by atoms with van der Waals surface area (Å²) in [6.45, 7) is 0. The van der Waals surface area contributed by atoms with Gasteiger partial charge in [0.2, 0.25) is 5.79 Å². The molecule has 1 saturated heterocycles. The molecule has 22 heavy (non-hydrogen) atoms. The van der Waals surface area contributed by atoms with Gasteiger partial charge in [-0.2, -0.15) is 0 Å². The molecule has 1 heterocycles. The maximum Gasteiger partial charge on any atom is 0.218 e. The van der Waals surface area contributed by atoms with E-state index in [1.807, 2.05) is 0 Å². The lowest BCUT2D eigenvalue weighted by Gasteiger charge is -2.41. The molecule has 0 spiro atoms. The highest BCUT2D eigenvalue weighted by Crippen LogP contribution is 2.75. The number of Topliss-reactive ketones (excluding diaryl/α,β-unsaturated/α-hetero) is 2. The van der Waals surface area contributed by atoms with E-state index in [1.54, 1.807) is 0 Å². The number of fused-ring (bicyclic) bond motifs is 6. The predicted molar refractivity (Wildman–Crippen MR) is 78.3 cm³/mol. The molecule has 2 bridgehead atoms. The van der Waals surface area contributed by atoms with Crippen LogP contribution in [-0.2, 0) is 23.8 Å². The Bertz CT molecular complexity index is 609. The zero-order valence-corrected chi connectivity index (χ0v) is 14.4. The number of halogens is 4. The van der Waals surface area contributed by atoms with Gasteiger partial charge in [-0.15, -0.1) is 23.2 Å². The van der Waals surface area contributed by atoms with E-state index in [-0.39, 0.29) is 21.6 Å². The zero-order chi connectivity index (χ0) is 16.2. The summed E-state index contributed by atoms with van der Waals surface area (Å²) in [5.74, 6) is -4.41. The van der Waals surface area contributed by atoms with E-state index < -0.39 is 39.6 Å². The average molecular weight is 388 g/mol. The molecule has 0 radical (unpaired) electrons. The maximum absolute atomic E-state index is 12.6. The van der Waals surface area contributed by atoms with E-state index in [4.69, 9.17) is 60.6 Å². The molecule has 0 unspecified atom stereocenters. The van der Waals surface area contributed by atoms with Crippen LogP contribution in [0.15, 0.2) is 10.1 Å². The van der Waals surface area contributed by atoms with Crippen LogP contribution < -0.4 is 0 Å². The number of rotatable bonds is 2. The van der Waals surface area contributed by atoms with Gasteiger partial charge in [-0.25, -0.2) is 0 Å². The van der Waals surface area contributed by atoms with Crippen LogP contribution in [-0.4, -0.2) is 53.5 Å². The van der Waals surface area contributed by atoms with Crippen LogP contribution in [0.2, 0.25) is 0 Å². The monoisotopic (exact) mass is 386 g/mol. The van der Waals surface area contributed by atoms with Gasteiger partial charge in [0.1, 0.15) is 9.75 Å². The van der Waals surface area contributed by atoms with Crippen molar-refractivity contribution in [3.8, 4) is 0 Å². The Balaban J connectivity index is 2.04. The minimum Gasteiger partial charge on any atom is -0.353 e. The van der Waals surface area contributed by atoms with E-state index in [0.717, 1.165) is 0 Å². The second-order valence-corrected chi connectivity index (χ2v) is 7.76. The number of methoxy groups -OCH3 is 2. The fourth-order valence-electron chi connectivity index (χ4n) is 4.31. The van der Waals surface area contributed by atoms with Gasteiger partial charge in [0.25, 0.3) is 0 Å². The fourth-order valence-corrected chi connectivity index (χ4v) is 6.50. The summed E-state index contributed by atoms with van der Waals surface area (Å²) in [5.41, 5.74) is 0. The minimum atomic E-state index is -1.73. The molecule has 2 saturated carbocycles. The number of hydrogen-bond donors (Lipinski definition) is 0. The summed E-state index contributed by atoms with van der Waals surface area (Å²) in [5, 5.41) is -0.0629. The number of hydrogen-bond acceptors (Lipinski definition) is 5. The molecule has 5 nitrogen and oxygen atoms in total. The summed E-state index contributed by atoms with van der Waals surface area (Å²) >= 11 is 26.1. The molecule has 4 aliphatic rings. The third kappa shape index (κ3) is 1.21. The summed E-state index contributed by atoms with van der Waals surface area (Å²) in [7, 11) is 2.64. The Hall–Kier alpha value is 0.120. The van der Waals surface area contributed by atoms with Crippen molar-refractivity contribution in [3.63, 3.8) is 0 Å². The molecule has 0 aromatic rings. The second-order valence-electron chi connectivity index (χ2n) is 5.81. The molecule has 0 aromatic carbocycles. The van der Waals surface area contributed by atoms with Crippen molar-refractivity contribution in [3.05, 3.63) is 10.1 Å². The quantitative estimate of drug-likeness (QED) is 0.410. The smallest absolute Gasteiger partial charge is 0.218 e. The third-order valence-electron chi connectivity index (χ3n) is 5.22. The van der Waals surface area contributed by atoms with E-state index in [1.165, 1.54) is 14.2 Å². The first kappa shape index (κ1) is 15.6. The van der Waals surface area contributed by atoms with Gasteiger partial charge in [-0.1, -0.05) is 23.2 Å². The number of ketones is 2. The van der Waals surface area contributed by atoms with E-state index in [9.17, 15) is 9.59 Å². The van der Waals surface area contributed by atoms with Gasteiger partial charge in [0, 0.05) is 14.2 Å². The summed E-state index contributed by atoms with van der Waals surface area (Å²) in [6, 6.07) is 0. The Morgan fingerprint density at radius 3 is 1.59 bits per heavy atom. The molecule has 0 N–H and O–H groups in total. The van der Waals surface area contributed by atoms with E-state index in [2.05, 4.69) is 0 Å². The molecule has 0 aromatic heterocycles. The van der Waals surface area contributed by atoms with Crippen molar-refractivity contribution in [1.82, 2.24) is 0 Å². The van der Waals surface area contributed by atoms with Crippen LogP contribution >= 0.6 is 46.4 Å². The van der Waals surface area contributed by atoms with Crippen molar-refractivity contribution in [2.45, 2.75) is 27.7 Å². The largest absolute Gasteiger partial charge is 0.353 e. The highest BCUT2D eigenvalue weighted by atomic mass is 35.5. The Labute approximate surface area is 145 Å². The lowest BCUT2D eigenvalue weighted by Crippen LogP contribution is -2.58. The van der Waals surface area contributed by atoms with Crippen LogP contribution in [0.3, 0.4) is 0 Å². The number of alkyl halides is 2. The highest BCUT2D eigenvalue weighted by molar-refractivity contribution is 6.53. The molecular weight excluding hydrogens is 378 g/mol. The van der Waals surface area contributed by atoms with Crippen molar-refractivity contribution in [1.29, 1.82) is 0 Å². The molecule has 3 fully saturated rings. The van der Waals surface area contributed by atoms with E-state index in [0.29, 0.717) is 0 Å². The molecule has 4 rings (SSSR count).